The Bertz CT molecular complexity index is 737. The summed E-state index contributed by atoms with van der Waals surface area (Å²) in [5.41, 5.74) is 3.27. The van der Waals surface area contributed by atoms with Crippen molar-refractivity contribution in [1.82, 2.24) is 5.43 Å². The van der Waals surface area contributed by atoms with E-state index in [0.717, 1.165) is 5.76 Å². The summed E-state index contributed by atoms with van der Waals surface area (Å²) < 4.78 is 5.23. The largest absolute Gasteiger partial charge is 0.460 e. The number of halogens is 1. The Balaban J connectivity index is 1.93. The van der Waals surface area contributed by atoms with Crippen molar-refractivity contribution in [3.8, 4) is 0 Å². The molecule has 2 aromatic rings. The Hall–Kier alpha value is -2.60. The summed E-state index contributed by atoms with van der Waals surface area (Å²) in [5, 5.41) is 6.63. The number of amides is 2. The van der Waals surface area contributed by atoms with E-state index in [2.05, 4.69) is 15.8 Å². The van der Waals surface area contributed by atoms with Gasteiger partial charge in [0.1, 0.15) is 11.5 Å². The molecule has 0 atom stereocenters. The number of nitrogens with one attached hydrogen (secondary N) is 2. The molecule has 7 heteroatoms. The van der Waals surface area contributed by atoms with Gasteiger partial charge in [-0.2, -0.15) is 5.10 Å². The Labute approximate surface area is 132 Å². The monoisotopic (exact) mass is 319 g/mol. The lowest BCUT2D eigenvalue weighted by Gasteiger charge is -2.08. The fourth-order valence-corrected chi connectivity index (χ4v) is 1.82. The zero-order valence-corrected chi connectivity index (χ0v) is 12.8. The molecule has 0 aliphatic rings. The average molecular weight is 320 g/mol. The molecule has 0 saturated carbocycles. The van der Waals surface area contributed by atoms with Crippen LogP contribution >= 0.6 is 11.6 Å². The van der Waals surface area contributed by atoms with Gasteiger partial charge in [0.25, 0.3) is 0 Å². The molecule has 1 heterocycles. The summed E-state index contributed by atoms with van der Waals surface area (Å²) in [6.45, 7) is 3.53. The lowest BCUT2D eigenvalue weighted by molar-refractivity contribution is -0.136. The van der Waals surface area contributed by atoms with Gasteiger partial charge in [0, 0.05) is 10.7 Å². The molecule has 0 saturated heterocycles. The van der Waals surface area contributed by atoms with Crippen molar-refractivity contribution >= 4 is 35.3 Å². The van der Waals surface area contributed by atoms with Crippen molar-refractivity contribution in [3.63, 3.8) is 0 Å². The number of nitrogens with zero attached hydrogens (tertiary/aromatic N) is 1. The number of carbonyl (C=O) groups is 2. The molecule has 6 nitrogen and oxygen atoms in total. The molecule has 114 valence electrons. The lowest BCUT2D eigenvalue weighted by atomic mass is 10.2. The lowest BCUT2D eigenvalue weighted by Crippen LogP contribution is -2.32. The Kier molecular flexibility index (Phi) is 4.95. The second-order valence-corrected chi connectivity index (χ2v) is 4.92. The van der Waals surface area contributed by atoms with E-state index in [1.165, 1.54) is 6.21 Å². The molecule has 0 aliphatic heterocycles. The first kappa shape index (κ1) is 15.8. The number of benzene rings is 1. The zero-order chi connectivity index (χ0) is 16.1. The van der Waals surface area contributed by atoms with Crippen LogP contribution in [0.5, 0.6) is 0 Å². The highest BCUT2D eigenvalue weighted by Crippen LogP contribution is 2.22. The fourth-order valence-electron chi connectivity index (χ4n) is 1.65. The predicted octanol–water partition coefficient (Wildman–Crippen LogP) is 2.64. The Morgan fingerprint density at radius 3 is 2.64 bits per heavy atom. The van der Waals surface area contributed by atoms with Crippen molar-refractivity contribution in [3.05, 3.63) is 52.4 Å². The fraction of sp³-hybridized carbons (Fsp3) is 0.133. The molecule has 0 aliphatic carbocycles. The smallest absolute Gasteiger partial charge is 0.329 e. The summed E-state index contributed by atoms with van der Waals surface area (Å²) in [6, 6.07) is 8.49. The van der Waals surface area contributed by atoms with Crippen molar-refractivity contribution < 1.29 is 14.0 Å². The molecule has 2 N–H and O–H groups in total. The summed E-state index contributed by atoms with van der Waals surface area (Å²) in [5.74, 6) is -0.525. The van der Waals surface area contributed by atoms with Crippen LogP contribution < -0.4 is 10.7 Å². The quantitative estimate of drug-likeness (QED) is 0.518. The average Bonchev–Trinajstić information content (AvgIpc) is 2.89. The van der Waals surface area contributed by atoms with E-state index in [0.29, 0.717) is 22.0 Å². The summed E-state index contributed by atoms with van der Waals surface area (Å²) >= 11 is 5.94. The number of carbonyl (C=O) groups excluding carboxylic acids is 2. The number of furan rings is 1. The number of hydrazone groups is 1. The minimum Gasteiger partial charge on any atom is -0.460 e. The van der Waals surface area contributed by atoms with Gasteiger partial charge in [-0.15, -0.1) is 0 Å². The summed E-state index contributed by atoms with van der Waals surface area (Å²) in [6.07, 6.45) is 1.31. The predicted molar refractivity (Wildman–Crippen MR) is 84.0 cm³/mol. The van der Waals surface area contributed by atoms with Crippen molar-refractivity contribution in [2.45, 2.75) is 13.8 Å². The number of aryl methyl sites for hydroxylation is 1. The first-order chi connectivity index (χ1) is 10.5. The molecule has 0 unspecified atom stereocenters. The normalized spacial score (nSPS) is 10.7. The molecule has 22 heavy (non-hydrogen) atoms. The molecule has 2 rings (SSSR count). The number of hydrogen-bond donors (Lipinski definition) is 2. The van der Waals surface area contributed by atoms with E-state index < -0.39 is 11.8 Å². The van der Waals surface area contributed by atoms with E-state index in [-0.39, 0.29) is 0 Å². The third kappa shape index (κ3) is 3.95. The maximum Gasteiger partial charge on any atom is 0.329 e. The van der Waals surface area contributed by atoms with Crippen LogP contribution in [0.15, 0.2) is 39.9 Å². The molecule has 1 aromatic carbocycles. The topological polar surface area (TPSA) is 83.7 Å². The van der Waals surface area contributed by atoms with Crippen molar-refractivity contribution in [1.29, 1.82) is 0 Å². The van der Waals surface area contributed by atoms with E-state index in [4.69, 9.17) is 16.0 Å². The van der Waals surface area contributed by atoms with Gasteiger partial charge in [0.2, 0.25) is 0 Å². The Morgan fingerprint density at radius 1 is 1.18 bits per heavy atom. The van der Waals surface area contributed by atoms with Crippen LogP contribution in [-0.2, 0) is 9.59 Å². The van der Waals surface area contributed by atoms with Gasteiger partial charge in [-0.1, -0.05) is 17.7 Å². The van der Waals surface area contributed by atoms with Gasteiger partial charge in [0.05, 0.1) is 6.21 Å². The highest BCUT2D eigenvalue weighted by atomic mass is 35.5. The molecule has 0 bridgehead atoms. The minimum atomic E-state index is -0.890. The molecular weight excluding hydrogens is 306 g/mol. The van der Waals surface area contributed by atoms with Gasteiger partial charge in [0.15, 0.2) is 0 Å². The molecular formula is C15H14ClN3O3. The van der Waals surface area contributed by atoms with Gasteiger partial charge >= 0.3 is 11.8 Å². The van der Waals surface area contributed by atoms with E-state index >= 15 is 0 Å². The van der Waals surface area contributed by atoms with Gasteiger partial charge < -0.3 is 9.73 Å². The van der Waals surface area contributed by atoms with Gasteiger partial charge in [-0.25, -0.2) is 5.43 Å². The van der Waals surface area contributed by atoms with Crippen LogP contribution in [-0.4, -0.2) is 18.0 Å². The third-order valence-corrected chi connectivity index (χ3v) is 3.25. The van der Waals surface area contributed by atoms with Crippen LogP contribution in [0.2, 0.25) is 5.02 Å². The van der Waals surface area contributed by atoms with Crippen molar-refractivity contribution in [2.75, 3.05) is 5.32 Å². The van der Waals surface area contributed by atoms with Crippen LogP contribution in [0, 0.1) is 13.8 Å². The maximum absolute atomic E-state index is 11.8. The summed E-state index contributed by atoms with van der Waals surface area (Å²) in [7, 11) is 0. The number of hydrogen-bond acceptors (Lipinski definition) is 4. The van der Waals surface area contributed by atoms with Crippen LogP contribution in [0.4, 0.5) is 5.69 Å². The first-order valence-electron chi connectivity index (χ1n) is 6.43. The molecule has 1 aromatic heterocycles. The van der Waals surface area contributed by atoms with E-state index in [1.54, 1.807) is 44.2 Å². The second kappa shape index (κ2) is 6.91. The summed E-state index contributed by atoms with van der Waals surface area (Å²) in [4.78, 5) is 23.4. The number of anilines is 1. The highest BCUT2D eigenvalue weighted by molar-refractivity contribution is 6.40. The third-order valence-electron chi connectivity index (χ3n) is 2.84. The van der Waals surface area contributed by atoms with E-state index in [1.807, 2.05) is 0 Å². The van der Waals surface area contributed by atoms with Gasteiger partial charge in [-0.05, 0) is 43.7 Å². The Morgan fingerprint density at radius 2 is 1.95 bits per heavy atom. The number of rotatable bonds is 3. The molecule has 0 spiro atoms. The van der Waals surface area contributed by atoms with Crippen LogP contribution in [0.25, 0.3) is 0 Å². The van der Waals surface area contributed by atoms with Gasteiger partial charge in [-0.3, -0.25) is 9.59 Å². The molecule has 0 fully saturated rings. The minimum absolute atomic E-state index is 0.471. The molecule has 0 radical (unpaired) electrons. The molecule has 2 amide bonds. The zero-order valence-electron chi connectivity index (χ0n) is 12.0. The van der Waals surface area contributed by atoms with Crippen LogP contribution in [0.3, 0.4) is 0 Å². The maximum atomic E-state index is 11.8. The SMILES string of the molecule is Cc1ccc(C=NNC(=O)C(=O)Nc2cccc(Cl)c2C)o1. The van der Waals surface area contributed by atoms with Crippen LogP contribution in [0.1, 0.15) is 17.1 Å². The van der Waals surface area contributed by atoms with Crippen molar-refractivity contribution in [2.24, 2.45) is 5.10 Å². The standard InChI is InChI=1S/C15H14ClN3O3/c1-9-6-7-11(22-9)8-17-19-15(21)14(20)18-13-5-3-4-12(16)10(13)2/h3-8H,1-2H3,(H,18,20)(H,19,21). The highest BCUT2D eigenvalue weighted by Gasteiger charge is 2.14. The second-order valence-electron chi connectivity index (χ2n) is 4.51. The first-order valence-corrected chi connectivity index (χ1v) is 6.81. The van der Waals surface area contributed by atoms with E-state index in [9.17, 15) is 9.59 Å².